The molecule has 0 amide bonds. The molecule has 2 aliphatic carbocycles. The van der Waals surface area contributed by atoms with Crippen LogP contribution < -0.4 is 0 Å². The van der Waals surface area contributed by atoms with Crippen LogP contribution in [0.5, 0.6) is 0 Å². The van der Waals surface area contributed by atoms with Crippen LogP contribution in [0.4, 0.5) is 0 Å². The van der Waals surface area contributed by atoms with E-state index in [9.17, 15) is 9.59 Å². The van der Waals surface area contributed by atoms with Crippen LogP contribution >= 0.6 is 0 Å². The number of esters is 1. The SMILES string of the molecule is CC(=O)[C@@]1(C)OC2(C(C)(C)C)C3(C(C)(C)C)C2(C(C)(C)C)C31C(=O)OC(C)(C)C. The summed E-state index contributed by atoms with van der Waals surface area (Å²) in [5.41, 5.74) is -5.09. The van der Waals surface area contributed by atoms with Crippen LogP contribution in [0.25, 0.3) is 0 Å². The first-order chi connectivity index (χ1) is 12.5. The van der Waals surface area contributed by atoms with E-state index in [1.807, 2.05) is 27.7 Å². The van der Waals surface area contributed by atoms with E-state index in [0.717, 1.165) is 0 Å². The first-order valence-corrected chi connectivity index (χ1v) is 11.0. The highest BCUT2D eigenvalue weighted by Crippen LogP contribution is 3.17. The Kier molecular flexibility index (Phi) is 3.88. The smallest absolute Gasteiger partial charge is 0.317 e. The lowest BCUT2D eigenvalue weighted by Gasteiger charge is -2.46. The van der Waals surface area contributed by atoms with Crippen LogP contribution in [0, 0.1) is 32.5 Å². The zero-order chi connectivity index (χ0) is 23.1. The summed E-state index contributed by atoms with van der Waals surface area (Å²) >= 11 is 0. The van der Waals surface area contributed by atoms with Gasteiger partial charge in [0.2, 0.25) is 0 Å². The Labute approximate surface area is 177 Å². The van der Waals surface area contributed by atoms with E-state index in [0.29, 0.717) is 0 Å². The lowest BCUT2D eigenvalue weighted by molar-refractivity contribution is -0.175. The van der Waals surface area contributed by atoms with Gasteiger partial charge in [-0.15, -0.1) is 0 Å². The molecular weight excluding hydrogens is 364 g/mol. The number of carbonyl (C=O) groups is 2. The fourth-order valence-electron chi connectivity index (χ4n) is 8.59. The van der Waals surface area contributed by atoms with Gasteiger partial charge in [0.05, 0.1) is 5.60 Å². The molecule has 29 heavy (non-hydrogen) atoms. The molecule has 0 N–H and O–H groups in total. The molecule has 4 nitrogen and oxygen atoms in total. The fourth-order valence-corrected chi connectivity index (χ4v) is 8.59. The van der Waals surface area contributed by atoms with Gasteiger partial charge in [0.15, 0.2) is 5.78 Å². The molecule has 2 saturated heterocycles. The maximum atomic E-state index is 14.1. The number of rotatable bonds is 2. The fraction of sp³-hybridized carbons (Fsp3) is 0.920. The summed E-state index contributed by atoms with van der Waals surface area (Å²) in [5, 5.41) is 0. The lowest BCUT2D eigenvalue weighted by atomic mass is 9.55. The van der Waals surface area contributed by atoms with E-state index in [1.54, 1.807) is 6.92 Å². The number of hydrogen-bond acceptors (Lipinski definition) is 4. The Hall–Kier alpha value is -0.900. The number of ketones is 1. The number of carbonyl (C=O) groups excluding carboxylic acids is 2. The molecule has 4 aliphatic rings. The summed E-state index contributed by atoms with van der Waals surface area (Å²) in [6, 6.07) is 0. The van der Waals surface area contributed by atoms with E-state index in [2.05, 4.69) is 62.3 Å². The van der Waals surface area contributed by atoms with Gasteiger partial charge in [0.1, 0.15) is 16.6 Å². The molecule has 2 aliphatic heterocycles. The molecule has 2 bridgehead atoms. The molecule has 0 spiro atoms. The molecule has 2 unspecified atom stereocenters. The van der Waals surface area contributed by atoms with Crippen LogP contribution in [-0.4, -0.2) is 28.6 Å². The van der Waals surface area contributed by atoms with Crippen molar-refractivity contribution in [3.63, 3.8) is 0 Å². The predicted octanol–water partition coefficient (Wildman–Crippen LogP) is 5.57. The van der Waals surface area contributed by atoms with Crippen molar-refractivity contribution in [2.75, 3.05) is 0 Å². The van der Waals surface area contributed by atoms with Crippen LogP contribution in [0.15, 0.2) is 0 Å². The monoisotopic (exact) mass is 406 g/mol. The van der Waals surface area contributed by atoms with E-state index in [4.69, 9.17) is 9.47 Å². The number of hydrogen-bond donors (Lipinski definition) is 0. The van der Waals surface area contributed by atoms with Gasteiger partial charge < -0.3 is 9.47 Å². The minimum atomic E-state index is -1.21. The molecule has 3 atom stereocenters. The quantitative estimate of drug-likeness (QED) is 0.563. The van der Waals surface area contributed by atoms with Crippen molar-refractivity contribution in [2.45, 2.75) is 114 Å². The molecule has 2 heterocycles. The van der Waals surface area contributed by atoms with E-state index < -0.39 is 33.0 Å². The summed E-state index contributed by atoms with van der Waals surface area (Å²) in [4.78, 5) is 27.2. The van der Waals surface area contributed by atoms with Crippen molar-refractivity contribution in [3.05, 3.63) is 0 Å². The van der Waals surface area contributed by atoms with Gasteiger partial charge in [-0.3, -0.25) is 9.59 Å². The molecule has 2 saturated carbocycles. The Balaban J connectivity index is 2.45. The topological polar surface area (TPSA) is 52.6 Å². The third-order valence-electron chi connectivity index (χ3n) is 8.37. The number of fused-ring (bicyclic) bond motifs is 1. The van der Waals surface area contributed by atoms with Gasteiger partial charge >= 0.3 is 5.97 Å². The summed E-state index contributed by atoms with van der Waals surface area (Å²) in [7, 11) is 0. The van der Waals surface area contributed by atoms with E-state index in [1.165, 1.54) is 0 Å². The Morgan fingerprint density at radius 3 is 1.34 bits per heavy atom. The third kappa shape index (κ3) is 1.74. The van der Waals surface area contributed by atoms with Crippen LogP contribution in [0.3, 0.4) is 0 Å². The first-order valence-electron chi connectivity index (χ1n) is 11.0. The summed E-state index contributed by atoms with van der Waals surface area (Å²) in [6.45, 7) is 28.8. The van der Waals surface area contributed by atoms with Gasteiger partial charge in [0, 0.05) is 10.8 Å². The van der Waals surface area contributed by atoms with Gasteiger partial charge in [-0.1, -0.05) is 62.3 Å². The molecule has 0 aromatic carbocycles. The van der Waals surface area contributed by atoms with Gasteiger partial charge in [-0.25, -0.2) is 0 Å². The molecule has 0 aromatic rings. The largest absolute Gasteiger partial charge is 0.459 e. The molecule has 0 aromatic heterocycles. The highest BCUT2D eigenvalue weighted by Gasteiger charge is 3.27. The minimum Gasteiger partial charge on any atom is -0.459 e. The highest BCUT2D eigenvalue weighted by molar-refractivity contribution is 6.05. The summed E-state index contributed by atoms with van der Waals surface area (Å²) in [5.74, 6) is -0.364. The Morgan fingerprint density at radius 2 is 1.10 bits per heavy atom. The average Bonchev–Trinajstić information content (AvgIpc) is 3.15. The summed E-state index contributed by atoms with van der Waals surface area (Å²) in [6.07, 6.45) is 0. The number of Topliss-reactive ketones (excluding diaryl/α,β-unsaturated/α-hetero) is 1. The second-order valence-corrected chi connectivity index (χ2v) is 13.9. The average molecular weight is 407 g/mol. The summed E-state index contributed by atoms with van der Waals surface area (Å²) < 4.78 is 13.0. The molecule has 166 valence electrons. The molecule has 4 heteroatoms. The van der Waals surface area contributed by atoms with E-state index >= 15 is 0 Å². The predicted molar refractivity (Wildman–Crippen MR) is 114 cm³/mol. The highest BCUT2D eigenvalue weighted by atomic mass is 16.6. The van der Waals surface area contributed by atoms with Gasteiger partial charge in [-0.05, 0) is 50.9 Å². The Morgan fingerprint density at radius 1 is 0.724 bits per heavy atom. The molecule has 4 rings (SSSR count). The maximum Gasteiger partial charge on any atom is 0.317 e. The van der Waals surface area contributed by atoms with Crippen molar-refractivity contribution in [2.24, 2.45) is 32.5 Å². The minimum absolute atomic E-state index is 0.0910. The zero-order valence-corrected chi connectivity index (χ0v) is 21.1. The second-order valence-electron chi connectivity index (χ2n) is 13.9. The van der Waals surface area contributed by atoms with Crippen LogP contribution in [0.1, 0.15) is 96.9 Å². The second kappa shape index (κ2) is 4.95. The molecular formula is C25H42O4. The zero-order valence-electron chi connectivity index (χ0n) is 21.1. The van der Waals surface area contributed by atoms with Gasteiger partial charge in [0.25, 0.3) is 0 Å². The van der Waals surface area contributed by atoms with Crippen molar-refractivity contribution >= 4 is 11.8 Å². The van der Waals surface area contributed by atoms with Gasteiger partial charge in [-0.2, -0.15) is 0 Å². The third-order valence-corrected chi connectivity index (χ3v) is 8.37. The first kappa shape index (κ1) is 22.8. The normalized spacial score (nSPS) is 43.7. The number of ether oxygens (including phenoxy) is 2. The van der Waals surface area contributed by atoms with Crippen molar-refractivity contribution in [1.29, 1.82) is 0 Å². The lowest BCUT2D eigenvalue weighted by Crippen LogP contribution is -2.56. The van der Waals surface area contributed by atoms with Crippen LogP contribution in [-0.2, 0) is 19.1 Å². The van der Waals surface area contributed by atoms with Crippen molar-refractivity contribution in [1.82, 2.24) is 0 Å². The van der Waals surface area contributed by atoms with Crippen LogP contribution in [0.2, 0.25) is 0 Å². The maximum absolute atomic E-state index is 14.1. The van der Waals surface area contributed by atoms with Crippen molar-refractivity contribution in [3.8, 4) is 0 Å². The Bertz CT molecular complexity index is 767. The standard InChI is InChI=1S/C25H42O4/c1-15(26)21(14)22(16(27)28-20(11,12)13)23(17(2,3)4)24(22,18(5,6)7)25(23,29-21)19(8,9)10/h1-14H3/t21-,22?,23?,24?,25?/m1/s1. The van der Waals surface area contributed by atoms with E-state index in [-0.39, 0.29) is 28.0 Å². The van der Waals surface area contributed by atoms with Crippen molar-refractivity contribution < 1.29 is 19.1 Å². The molecule has 0 radical (unpaired) electrons. The molecule has 4 fully saturated rings.